The van der Waals surface area contributed by atoms with Gasteiger partial charge < -0.3 is 10.2 Å². The molecular formula is C16H28FN3. The van der Waals surface area contributed by atoms with Crippen LogP contribution in [0.2, 0.25) is 0 Å². The van der Waals surface area contributed by atoms with Crippen molar-refractivity contribution in [1.29, 1.82) is 0 Å². The van der Waals surface area contributed by atoms with E-state index in [0.717, 1.165) is 43.7 Å². The van der Waals surface area contributed by atoms with Crippen LogP contribution in [0.5, 0.6) is 0 Å². The average molecular weight is 281 g/mol. The molecule has 1 N–H and O–H groups in total. The lowest BCUT2D eigenvalue weighted by Crippen LogP contribution is -2.32. The van der Waals surface area contributed by atoms with Gasteiger partial charge in [0.2, 0.25) is 0 Å². The molecule has 0 fully saturated rings. The number of rotatable bonds is 9. The molecule has 1 rings (SSSR count). The third-order valence-corrected chi connectivity index (χ3v) is 3.29. The zero-order valence-corrected chi connectivity index (χ0v) is 13.2. The molecule has 1 aromatic rings. The number of likely N-dealkylation sites (N-methyl/N-ethyl adjacent to an activating group) is 1. The second-order valence-electron chi connectivity index (χ2n) is 5.54. The van der Waals surface area contributed by atoms with Gasteiger partial charge in [0.15, 0.2) is 0 Å². The van der Waals surface area contributed by atoms with Crippen LogP contribution in [-0.2, 0) is 13.1 Å². The molecule has 0 bridgehead atoms. The van der Waals surface area contributed by atoms with E-state index >= 15 is 0 Å². The molecular weight excluding hydrogens is 253 g/mol. The summed E-state index contributed by atoms with van der Waals surface area (Å²) in [6.07, 6.45) is 1.09. The van der Waals surface area contributed by atoms with Crippen LogP contribution in [0, 0.1) is 5.82 Å². The first kappa shape index (κ1) is 17.1. The van der Waals surface area contributed by atoms with Gasteiger partial charge >= 0.3 is 0 Å². The summed E-state index contributed by atoms with van der Waals surface area (Å²) in [5.74, 6) is -0.101. The number of benzene rings is 1. The van der Waals surface area contributed by atoms with Crippen LogP contribution in [-0.4, -0.2) is 50.6 Å². The van der Waals surface area contributed by atoms with E-state index < -0.39 is 0 Å². The first-order chi connectivity index (χ1) is 9.56. The molecule has 114 valence electrons. The number of halogens is 1. The zero-order valence-electron chi connectivity index (χ0n) is 13.2. The highest BCUT2D eigenvalue weighted by molar-refractivity contribution is 5.25. The maximum atomic E-state index is 14.0. The van der Waals surface area contributed by atoms with Crippen LogP contribution in [0.3, 0.4) is 0 Å². The minimum atomic E-state index is -0.101. The van der Waals surface area contributed by atoms with Gasteiger partial charge in [-0.2, -0.15) is 0 Å². The molecule has 0 aliphatic heterocycles. The standard InChI is InChI=1S/C16H28FN3/c1-5-8-20(10-9-19(3)4)13-15-11-14(12-18-2)6-7-16(15)17/h6-7,11,18H,5,8-10,12-13H2,1-4H3. The van der Waals surface area contributed by atoms with E-state index in [9.17, 15) is 4.39 Å². The highest BCUT2D eigenvalue weighted by Crippen LogP contribution is 2.13. The van der Waals surface area contributed by atoms with Crippen molar-refractivity contribution in [2.75, 3.05) is 40.8 Å². The van der Waals surface area contributed by atoms with Crippen LogP contribution in [0.4, 0.5) is 4.39 Å². The van der Waals surface area contributed by atoms with Crippen LogP contribution < -0.4 is 5.32 Å². The van der Waals surface area contributed by atoms with E-state index in [0.29, 0.717) is 6.54 Å². The normalized spacial score (nSPS) is 11.6. The molecule has 1 aromatic carbocycles. The topological polar surface area (TPSA) is 18.5 Å². The lowest BCUT2D eigenvalue weighted by atomic mass is 10.1. The molecule has 0 amide bonds. The Balaban J connectivity index is 2.72. The average Bonchev–Trinajstić information content (AvgIpc) is 2.40. The second kappa shape index (κ2) is 9.06. The van der Waals surface area contributed by atoms with E-state index in [1.165, 1.54) is 0 Å². The fourth-order valence-electron chi connectivity index (χ4n) is 2.23. The predicted octanol–water partition coefficient (Wildman–Crippen LogP) is 2.32. The quantitative estimate of drug-likeness (QED) is 0.749. The summed E-state index contributed by atoms with van der Waals surface area (Å²) in [6.45, 7) is 6.60. The van der Waals surface area contributed by atoms with Crippen molar-refractivity contribution < 1.29 is 4.39 Å². The Kier molecular flexibility index (Phi) is 7.73. The number of nitrogens with one attached hydrogen (secondary N) is 1. The van der Waals surface area contributed by atoms with Gasteiger partial charge in [0, 0.05) is 31.7 Å². The smallest absolute Gasteiger partial charge is 0.127 e. The Bertz CT molecular complexity index is 393. The van der Waals surface area contributed by atoms with Gasteiger partial charge in [0.25, 0.3) is 0 Å². The van der Waals surface area contributed by atoms with E-state index in [-0.39, 0.29) is 5.82 Å². The first-order valence-corrected chi connectivity index (χ1v) is 7.35. The molecule has 20 heavy (non-hydrogen) atoms. The van der Waals surface area contributed by atoms with Crippen molar-refractivity contribution >= 4 is 0 Å². The molecule has 0 heterocycles. The molecule has 0 atom stereocenters. The molecule has 0 spiro atoms. The third-order valence-electron chi connectivity index (χ3n) is 3.29. The van der Waals surface area contributed by atoms with Gasteiger partial charge in [0.05, 0.1) is 0 Å². The largest absolute Gasteiger partial charge is 0.316 e. The van der Waals surface area contributed by atoms with Gasteiger partial charge in [-0.1, -0.05) is 19.1 Å². The van der Waals surface area contributed by atoms with Crippen molar-refractivity contribution in [2.45, 2.75) is 26.4 Å². The summed E-state index contributed by atoms with van der Waals surface area (Å²) >= 11 is 0. The van der Waals surface area contributed by atoms with Crippen molar-refractivity contribution in [2.24, 2.45) is 0 Å². The minimum absolute atomic E-state index is 0.101. The summed E-state index contributed by atoms with van der Waals surface area (Å²) in [6, 6.07) is 5.40. The van der Waals surface area contributed by atoms with Crippen molar-refractivity contribution in [3.63, 3.8) is 0 Å². The predicted molar refractivity (Wildman–Crippen MR) is 83.3 cm³/mol. The molecule has 0 radical (unpaired) electrons. The van der Waals surface area contributed by atoms with E-state index in [4.69, 9.17) is 0 Å². The lowest BCUT2D eigenvalue weighted by Gasteiger charge is -2.24. The molecule has 0 unspecified atom stereocenters. The first-order valence-electron chi connectivity index (χ1n) is 7.35. The number of nitrogens with zero attached hydrogens (tertiary/aromatic N) is 2. The Labute approximate surface area is 122 Å². The van der Waals surface area contributed by atoms with Crippen molar-refractivity contribution in [3.05, 3.63) is 35.1 Å². The molecule has 0 aliphatic carbocycles. The Morgan fingerprint density at radius 3 is 2.50 bits per heavy atom. The summed E-state index contributed by atoms with van der Waals surface area (Å²) in [7, 11) is 6.04. The molecule has 0 saturated carbocycles. The van der Waals surface area contributed by atoms with Crippen molar-refractivity contribution in [1.82, 2.24) is 15.1 Å². The maximum Gasteiger partial charge on any atom is 0.127 e. The molecule has 0 aromatic heterocycles. The summed E-state index contributed by atoms with van der Waals surface area (Å²) < 4.78 is 14.0. The fourth-order valence-corrected chi connectivity index (χ4v) is 2.23. The fraction of sp³-hybridized carbons (Fsp3) is 0.625. The third kappa shape index (κ3) is 5.99. The monoisotopic (exact) mass is 281 g/mol. The van der Waals surface area contributed by atoms with Crippen molar-refractivity contribution in [3.8, 4) is 0 Å². The Morgan fingerprint density at radius 2 is 1.90 bits per heavy atom. The van der Waals surface area contributed by atoms with Gasteiger partial charge in [-0.15, -0.1) is 0 Å². The maximum absolute atomic E-state index is 14.0. The summed E-state index contributed by atoms with van der Waals surface area (Å²) in [4.78, 5) is 4.48. The van der Waals surface area contributed by atoms with Gasteiger partial charge in [-0.05, 0) is 45.7 Å². The molecule has 0 aliphatic rings. The van der Waals surface area contributed by atoms with E-state index in [2.05, 4.69) is 36.1 Å². The highest BCUT2D eigenvalue weighted by atomic mass is 19.1. The molecule has 4 heteroatoms. The SMILES string of the molecule is CCCN(CCN(C)C)Cc1cc(CNC)ccc1F. The highest BCUT2D eigenvalue weighted by Gasteiger charge is 2.10. The zero-order chi connectivity index (χ0) is 15.0. The minimum Gasteiger partial charge on any atom is -0.316 e. The summed E-state index contributed by atoms with van der Waals surface area (Å²) in [5.41, 5.74) is 1.93. The van der Waals surface area contributed by atoms with Crippen LogP contribution in [0.1, 0.15) is 24.5 Å². The van der Waals surface area contributed by atoms with Crippen LogP contribution >= 0.6 is 0 Å². The Hall–Kier alpha value is -0.970. The second-order valence-corrected chi connectivity index (χ2v) is 5.54. The number of hydrogen-bond acceptors (Lipinski definition) is 3. The lowest BCUT2D eigenvalue weighted by molar-refractivity contribution is 0.231. The summed E-state index contributed by atoms with van der Waals surface area (Å²) in [5, 5.41) is 3.11. The van der Waals surface area contributed by atoms with Gasteiger partial charge in [-0.3, -0.25) is 4.90 Å². The Morgan fingerprint density at radius 1 is 1.15 bits per heavy atom. The van der Waals surface area contributed by atoms with Crippen LogP contribution in [0.25, 0.3) is 0 Å². The number of hydrogen-bond donors (Lipinski definition) is 1. The molecule has 0 saturated heterocycles. The van der Waals surface area contributed by atoms with Gasteiger partial charge in [0.1, 0.15) is 5.82 Å². The van der Waals surface area contributed by atoms with E-state index in [1.54, 1.807) is 6.07 Å². The van der Waals surface area contributed by atoms with Gasteiger partial charge in [-0.25, -0.2) is 4.39 Å². The van der Waals surface area contributed by atoms with E-state index in [1.807, 2.05) is 19.2 Å². The van der Waals surface area contributed by atoms with Crippen LogP contribution in [0.15, 0.2) is 18.2 Å². The molecule has 3 nitrogen and oxygen atoms in total.